The molecule has 0 saturated carbocycles. The standard InChI is InChI=1S/C19H21ClN4OS/c1-14(15-7-5-10-21-13-15)26-19-23-22-18(24(19)11-6-12-25-2)16-8-3-4-9-17(16)20/h3-5,7-10,13-14H,6,11-12H2,1-2H3/t14-/m0/s1. The highest BCUT2D eigenvalue weighted by molar-refractivity contribution is 7.99. The summed E-state index contributed by atoms with van der Waals surface area (Å²) in [6.07, 6.45) is 4.54. The normalized spacial score (nSPS) is 12.3. The second kappa shape index (κ2) is 9.16. The second-order valence-electron chi connectivity index (χ2n) is 5.83. The van der Waals surface area contributed by atoms with Crippen molar-refractivity contribution in [2.24, 2.45) is 0 Å². The molecule has 2 heterocycles. The van der Waals surface area contributed by atoms with E-state index in [0.717, 1.165) is 35.1 Å². The van der Waals surface area contributed by atoms with Gasteiger partial charge in [-0.15, -0.1) is 10.2 Å². The number of thioether (sulfide) groups is 1. The molecule has 2 aromatic heterocycles. The molecule has 0 amide bonds. The van der Waals surface area contributed by atoms with Crippen LogP contribution in [0.5, 0.6) is 0 Å². The highest BCUT2D eigenvalue weighted by atomic mass is 35.5. The van der Waals surface area contributed by atoms with Crippen LogP contribution in [0.1, 0.15) is 24.2 Å². The quantitative estimate of drug-likeness (QED) is 0.406. The number of hydrogen-bond acceptors (Lipinski definition) is 5. The van der Waals surface area contributed by atoms with Crippen molar-refractivity contribution < 1.29 is 4.74 Å². The zero-order valence-electron chi connectivity index (χ0n) is 14.8. The van der Waals surface area contributed by atoms with Crippen molar-refractivity contribution in [2.45, 2.75) is 30.3 Å². The Hall–Kier alpha value is -1.89. The van der Waals surface area contributed by atoms with Crippen LogP contribution in [0.25, 0.3) is 11.4 Å². The zero-order chi connectivity index (χ0) is 18.4. The van der Waals surface area contributed by atoms with Crippen LogP contribution in [0.2, 0.25) is 5.02 Å². The average molecular weight is 389 g/mol. The lowest BCUT2D eigenvalue weighted by atomic mass is 10.2. The third kappa shape index (κ3) is 4.44. The molecule has 0 aliphatic rings. The van der Waals surface area contributed by atoms with Crippen LogP contribution in [0, 0.1) is 0 Å². The fourth-order valence-electron chi connectivity index (χ4n) is 2.63. The maximum atomic E-state index is 6.38. The van der Waals surface area contributed by atoms with Gasteiger partial charge in [0.15, 0.2) is 11.0 Å². The molecule has 3 aromatic rings. The van der Waals surface area contributed by atoms with Crippen LogP contribution in [0.15, 0.2) is 53.9 Å². The van der Waals surface area contributed by atoms with E-state index in [1.807, 2.05) is 36.5 Å². The van der Waals surface area contributed by atoms with E-state index in [1.165, 1.54) is 0 Å². The zero-order valence-corrected chi connectivity index (χ0v) is 16.4. The maximum absolute atomic E-state index is 6.38. The summed E-state index contributed by atoms with van der Waals surface area (Å²) in [6.45, 7) is 3.59. The van der Waals surface area contributed by atoms with E-state index in [4.69, 9.17) is 16.3 Å². The van der Waals surface area contributed by atoms with E-state index in [-0.39, 0.29) is 5.25 Å². The van der Waals surface area contributed by atoms with Crippen LogP contribution in [0.3, 0.4) is 0 Å². The first-order valence-corrected chi connectivity index (χ1v) is 9.70. The van der Waals surface area contributed by atoms with Gasteiger partial charge < -0.3 is 9.30 Å². The van der Waals surface area contributed by atoms with Gasteiger partial charge in [-0.05, 0) is 37.1 Å². The Morgan fingerprint density at radius 1 is 1.19 bits per heavy atom. The first kappa shape index (κ1) is 18.9. The van der Waals surface area contributed by atoms with Gasteiger partial charge in [-0.3, -0.25) is 4.98 Å². The minimum Gasteiger partial charge on any atom is -0.385 e. The first-order chi connectivity index (χ1) is 12.7. The van der Waals surface area contributed by atoms with Gasteiger partial charge in [-0.25, -0.2) is 0 Å². The van der Waals surface area contributed by atoms with Crippen LogP contribution in [-0.4, -0.2) is 33.5 Å². The topological polar surface area (TPSA) is 52.8 Å². The molecule has 136 valence electrons. The summed E-state index contributed by atoms with van der Waals surface area (Å²) in [4.78, 5) is 4.20. The molecule has 0 unspecified atom stereocenters. The van der Waals surface area contributed by atoms with Gasteiger partial charge in [0.2, 0.25) is 0 Å². The predicted molar refractivity (Wildman–Crippen MR) is 105 cm³/mol. The summed E-state index contributed by atoms with van der Waals surface area (Å²) in [5.74, 6) is 0.785. The number of halogens is 1. The van der Waals surface area contributed by atoms with Gasteiger partial charge in [0, 0.05) is 43.5 Å². The van der Waals surface area contributed by atoms with Crippen molar-refractivity contribution in [1.29, 1.82) is 0 Å². The summed E-state index contributed by atoms with van der Waals surface area (Å²) in [5.41, 5.74) is 2.04. The predicted octanol–water partition coefficient (Wildman–Crippen LogP) is 4.88. The minimum absolute atomic E-state index is 0.216. The molecule has 0 radical (unpaired) electrons. The molecule has 0 N–H and O–H groups in total. The van der Waals surface area contributed by atoms with E-state index in [1.54, 1.807) is 25.1 Å². The molecule has 0 aliphatic carbocycles. The largest absolute Gasteiger partial charge is 0.385 e. The first-order valence-electron chi connectivity index (χ1n) is 8.44. The lowest BCUT2D eigenvalue weighted by molar-refractivity contribution is 0.189. The molecular weight excluding hydrogens is 368 g/mol. The van der Waals surface area contributed by atoms with Crippen molar-refractivity contribution in [1.82, 2.24) is 19.7 Å². The molecule has 0 saturated heterocycles. The summed E-state index contributed by atoms with van der Waals surface area (Å²) in [6, 6.07) is 11.7. The fourth-order valence-corrected chi connectivity index (χ4v) is 3.83. The lowest BCUT2D eigenvalue weighted by Crippen LogP contribution is -2.06. The van der Waals surface area contributed by atoms with Crippen LogP contribution in [-0.2, 0) is 11.3 Å². The van der Waals surface area contributed by atoms with E-state index in [2.05, 4.69) is 32.7 Å². The number of ether oxygens (including phenoxy) is 1. The van der Waals surface area contributed by atoms with Crippen molar-refractivity contribution in [2.75, 3.05) is 13.7 Å². The van der Waals surface area contributed by atoms with Crippen molar-refractivity contribution in [3.8, 4) is 11.4 Å². The molecule has 26 heavy (non-hydrogen) atoms. The summed E-state index contributed by atoms with van der Waals surface area (Å²) >= 11 is 8.05. The molecule has 0 aliphatic heterocycles. The summed E-state index contributed by atoms with van der Waals surface area (Å²) in [7, 11) is 1.71. The van der Waals surface area contributed by atoms with Gasteiger partial charge in [-0.1, -0.05) is 41.6 Å². The van der Waals surface area contributed by atoms with Gasteiger partial charge in [0.05, 0.1) is 5.02 Å². The number of hydrogen-bond donors (Lipinski definition) is 0. The van der Waals surface area contributed by atoms with Crippen LogP contribution < -0.4 is 0 Å². The molecular formula is C19H21ClN4OS. The molecule has 0 bridgehead atoms. The molecule has 3 rings (SSSR count). The highest BCUT2D eigenvalue weighted by Crippen LogP contribution is 2.36. The van der Waals surface area contributed by atoms with Gasteiger partial charge in [0.1, 0.15) is 0 Å². The Morgan fingerprint density at radius 3 is 2.77 bits per heavy atom. The molecule has 0 spiro atoms. The molecule has 1 atom stereocenters. The average Bonchev–Trinajstić information content (AvgIpc) is 3.05. The van der Waals surface area contributed by atoms with E-state index < -0.39 is 0 Å². The van der Waals surface area contributed by atoms with E-state index in [0.29, 0.717) is 11.6 Å². The van der Waals surface area contributed by atoms with Crippen molar-refractivity contribution in [3.05, 3.63) is 59.4 Å². The highest BCUT2D eigenvalue weighted by Gasteiger charge is 2.19. The number of methoxy groups -OCH3 is 1. The van der Waals surface area contributed by atoms with Gasteiger partial charge in [0.25, 0.3) is 0 Å². The third-order valence-corrected chi connectivity index (χ3v) is 5.47. The number of rotatable bonds is 8. The van der Waals surface area contributed by atoms with Crippen molar-refractivity contribution >= 4 is 23.4 Å². The maximum Gasteiger partial charge on any atom is 0.192 e. The third-order valence-electron chi connectivity index (χ3n) is 4.00. The summed E-state index contributed by atoms with van der Waals surface area (Å²) in [5, 5.41) is 10.6. The Kier molecular flexibility index (Phi) is 6.66. The number of aromatic nitrogens is 4. The second-order valence-corrected chi connectivity index (χ2v) is 7.55. The van der Waals surface area contributed by atoms with Crippen LogP contribution >= 0.6 is 23.4 Å². The Labute approximate surface area is 162 Å². The molecule has 0 fully saturated rings. The summed E-state index contributed by atoms with van der Waals surface area (Å²) < 4.78 is 7.33. The Balaban J connectivity index is 1.91. The van der Waals surface area contributed by atoms with Crippen LogP contribution in [0.4, 0.5) is 0 Å². The smallest absolute Gasteiger partial charge is 0.192 e. The number of pyridine rings is 1. The fraction of sp³-hybridized carbons (Fsp3) is 0.316. The molecule has 5 nitrogen and oxygen atoms in total. The SMILES string of the molecule is COCCCn1c(S[C@@H](C)c2cccnc2)nnc1-c1ccccc1Cl. The van der Waals surface area contributed by atoms with Gasteiger partial charge >= 0.3 is 0 Å². The van der Waals surface area contributed by atoms with E-state index in [9.17, 15) is 0 Å². The minimum atomic E-state index is 0.216. The molecule has 7 heteroatoms. The number of benzene rings is 1. The van der Waals surface area contributed by atoms with E-state index >= 15 is 0 Å². The van der Waals surface area contributed by atoms with Crippen molar-refractivity contribution in [3.63, 3.8) is 0 Å². The van der Waals surface area contributed by atoms with Gasteiger partial charge in [-0.2, -0.15) is 0 Å². The Morgan fingerprint density at radius 2 is 2.04 bits per heavy atom. The monoisotopic (exact) mass is 388 g/mol. The Bertz CT molecular complexity index is 841. The lowest BCUT2D eigenvalue weighted by Gasteiger charge is -2.14. The molecule has 1 aromatic carbocycles. The number of nitrogens with zero attached hydrogens (tertiary/aromatic N) is 4.